The molecule has 0 saturated carbocycles. The van der Waals surface area contributed by atoms with Crippen LogP contribution in [0.15, 0.2) is 12.2 Å². The Balaban J connectivity index is 2.85. The molecule has 0 radical (unpaired) electrons. The SMILES string of the molecule is C=C(C)CCCCCCCC. The molecular weight excluding hydrogens is 132 g/mol. The third-order valence-corrected chi connectivity index (χ3v) is 1.96. The summed E-state index contributed by atoms with van der Waals surface area (Å²) in [7, 11) is 0. The maximum absolute atomic E-state index is 3.89. The predicted octanol–water partition coefficient (Wildman–Crippen LogP) is 4.31. The van der Waals surface area contributed by atoms with Crippen molar-refractivity contribution in [2.24, 2.45) is 0 Å². The average molecular weight is 154 g/mol. The predicted molar refractivity (Wildman–Crippen MR) is 52.8 cm³/mol. The largest absolute Gasteiger partial charge is 0.100 e. The van der Waals surface area contributed by atoms with Gasteiger partial charge in [0.2, 0.25) is 0 Å². The Labute approximate surface area is 71.7 Å². The summed E-state index contributed by atoms with van der Waals surface area (Å²) in [4.78, 5) is 0. The number of hydrogen-bond acceptors (Lipinski definition) is 0. The minimum Gasteiger partial charge on any atom is -0.100 e. The maximum atomic E-state index is 3.89. The zero-order chi connectivity index (χ0) is 8.53. The summed E-state index contributed by atoms with van der Waals surface area (Å²) >= 11 is 0. The average Bonchev–Trinajstić information content (AvgIpc) is 1.96. The fourth-order valence-electron chi connectivity index (χ4n) is 1.21. The molecule has 0 nitrogen and oxygen atoms in total. The zero-order valence-electron chi connectivity index (χ0n) is 8.16. The van der Waals surface area contributed by atoms with Crippen molar-refractivity contribution in [2.45, 2.75) is 58.8 Å². The van der Waals surface area contributed by atoms with Crippen LogP contribution in [0.5, 0.6) is 0 Å². The first kappa shape index (κ1) is 10.7. The standard InChI is InChI=1S/C11H22/c1-4-5-6-7-8-9-10-11(2)3/h2,4-10H2,1,3H3. The van der Waals surface area contributed by atoms with Gasteiger partial charge >= 0.3 is 0 Å². The van der Waals surface area contributed by atoms with Crippen LogP contribution < -0.4 is 0 Å². The van der Waals surface area contributed by atoms with E-state index in [1.54, 1.807) is 0 Å². The molecule has 11 heavy (non-hydrogen) atoms. The molecule has 0 unspecified atom stereocenters. The third-order valence-electron chi connectivity index (χ3n) is 1.96. The van der Waals surface area contributed by atoms with Gasteiger partial charge in [-0.1, -0.05) is 44.6 Å². The monoisotopic (exact) mass is 154 g/mol. The van der Waals surface area contributed by atoms with Crippen molar-refractivity contribution < 1.29 is 0 Å². The van der Waals surface area contributed by atoms with E-state index < -0.39 is 0 Å². The van der Waals surface area contributed by atoms with Crippen LogP contribution in [0.2, 0.25) is 0 Å². The van der Waals surface area contributed by atoms with Gasteiger partial charge in [0.15, 0.2) is 0 Å². The molecule has 0 bridgehead atoms. The number of allylic oxidation sites excluding steroid dienone is 1. The number of rotatable bonds is 7. The first-order valence-corrected chi connectivity index (χ1v) is 4.91. The Morgan fingerprint density at radius 1 is 1.00 bits per heavy atom. The molecule has 0 atom stereocenters. The van der Waals surface area contributed by atoms with E-state index in [4.69, 9.17) is 0 Å². The van der Waals surface area contributed by atoms with E-state index in [1.807, 2.05) is 0 Å². The molecule has 0 heterocycles. The fraction of sp³-hybridized carbons (Fsp3) is 0.818. The van der Waals surface area contributed by atoms with E-state index in [1.165, 1.54) is 50.5 Å². The molecule has 0 fully saturated rings. The maximum Gasteiger partial charge on any atom is -0.0326 e. The molecule has 0 aliphatic heterocycles. The van der Waals surface area contributed by atoms with Gasteiger partial charge in [0.1, 0.15) is 0 Å². The van der Waals surface area contributed by atoms with Crippen molar-refractivity contribution in [3.63, 3.8) is 0 Å². The van der Waals surface area contributed by atoms with Gasteiger partial charge in [0.25, 0.3) is 0 Å². The van der Waals surface area contributed by atoms with E-state index in [0.717, 1.165) is 0 Å². The Kier molecular flexibility index (Phi) is 7.66. The van der Waals surface area contributed by atoms with E-state index in [0.29, 0.717) is 0 Å². The van der Waals surface area contributed by atoms with Gasteiger partial charge in [-0.3, -0.25) is 0 Å². The van der Waals surface area contributed by atoms with Gasteiger partial charge < -0.3 is 0 Å². The molecule has 0 N–H and O–H groups in total. The van der Waals surface area contributed by atoms with Gasteiger partial charge in [-0.15, -0.1) is 6.58 Å². The van der Waals surface area contributed by atoms with E-state index in [9.17, 15) is 0 Å². The quantitative estimate of drug-likeness (QED) is 0.378. The van der Waals surface area contributed by atoms with Crippen LogP contribution in [0.1, 0.15) is 58.8 Å². The second-order valence-corrected chi connectivity index (χ2v) is 3.47. The molecule has 0 rings (SSSR count). The lowest BCUT2D eigenvalue weighted by molar-refractivity contribution is 0.607. The molecule has 0 saturated heterocycles. The summed E-state index contributed by atoms with van der Waals surface area (Å²) in [6.45, 7) is 8.26. The highest BCUT2D eigenvalue weighted by atomic mass is 14.0. The minimum absolute atomic E-state index is 1.23. The van der Waals surface area contributed by atoms with Gasteiger partial charge in [0.05, 0.1) is 0 Å². The topological polar surface area (TPSA) is 0 Å². The van der Waals surface area contributed by atoms with Crippen LogP contribution in [0.4, 0.5) is 0 Å². The van der Waals surface area contributed by atoms with Crippen molar-refractivity contribution in [3.05, 3.63) is 12.2 Å². The van der Waals surface area contributed by atoms with Crippen LogP contribution in [-0.4, -0.2) is 0 Å². The third kappa shape index (κ3) is 9.74. The van der Waals surface area contributed by atoms with Crippen molar-refractivity contribution >= 4 is 0 Å². The molecule has 0 aliphatic carbocycles. The molecular formula is C11H22. The highest BCUT2D eigenvalue weighted by Gasteiger charge is 1.89. The van der Waals surface area contributed by atoms with Gasteiger partial charge in [-0.25, -0.2) is 0 Å². The van der Waals surface area contributed by atoms with E-state index >= 15 is 0 Å². The van der Waals surface area contributed by atoms with Crippen molar-refractivity contribution in [1.29, 1.82) is 0 Å². The number of hydrogen-bond donors (Lipinski definition) is 0. The summed E-state index contributed by atoms with van der Waals surface area (Å²) in [5.41, 5.74) is 1.33. The normalized spacial score (nSPS) is 10.0. The van der Waals surface area contributed by atoms with Crippen LogP contribution >= 0.6 is 0 Å². The summed E-state index contributed by atoms with van der Waals surface area (Å²) in [6, 6.07) is 0. The molecule has 0 spiro atoms. The van der Waals surface area contributed by atoms with Crippen LogP contribution in [0, 0.1) is 0 Å². The van der Waals surface area contributed by atoms with E-state index in [-0.39, 0.29) is 0 Å². The highest BCUT2D eigenvalue weighted by Crippen LogP contribution is 2.09. The Bertz CT molecular complexity index is 92.2. The van der Waals surface area contributed by atoms with Crippen LogP contribution in [0.25, 0.3) is 0 Å². The lowest BCUT2D eigenvalue weighted by Gasteiger charge is -1.99. The van der Waals surface area contributed by atoms with Crippen molar-refractivity contribution in [1.82, 2.24) is 0 Å². The summed E-state index contributed by atoms with van der Waals surface area (Å²) < 4.78 is 0. The van der Waals surface area contributed by atoms with Gasteiger partial charge in [-0.05, 0) is 19.8 Å². The highest BCUT2D eigenvalue weighted by molar-refractivity contribution is 4.86. The van der Waals surface area contributed by atoms with Gasteiger partial charge in [0, 0.05) is 0 Å². The Hall–Kier alpha value is -0.260. The summed E-state index contributed by atoms with van der Waals surface area (Å²) in [5, 5.41) is 0. The first-order valence-electron chi connectivity index (χ1n) is 4.91. The lowest BCUT2D eigenvalue weighted by Crippen LogP contribution is -1.79. The van der Waals surface area contributed by atoms with E-state index in [2.05, 4.69) is 20.4 Å². The molecule has 0 aliphatic rings. The van der Waals surface area contributed by atoms with Gasteiger partial charge in [-0.2, -0.15) is 0 Å². The lowest BCUT2D eigenvalue weighted by atomic mass is 10.1. The molecule has 0 heteroatoms. The fourth-order valence-corrected chi connectivity index (χ4v) is 1.21. The number of unbranched alkanes of at least 4 members (excludes halogenated alkanes) is 5. The Morgan fingerprint density at radius 2 is 1.55 bits per heavy atom. The molecule has 66 valence electrons. The molecule has 0 aromatic rings. The minimum atomic E-state index is 1.23. The smallest absolute Gasteiger partial charge is 0.0326 e. The zero-order valence-corrected chi connectivity index (χ0v) is 8.16. The summed E-state index contributed by atoms with van der Waals surface area (Å²) in [5.74, 6) is 0. The second-order valence-electron chi connectivity index (χ2n) is 3.47. The molecule has 0 aromatic carbocycles. The summed E-state index contributed by atoms with van der Waals surface area (Å²) in [6.07, 6.45) is 9.57. The molecule has 0 aromatic heterocycles. The van der Waals surface area contributed by atoms with Crippen LogP contribution in [0.3, 0.4) is 0 Å². The first-order chi connectivity index (χ1) is 5.27. The second kappa shape index (κ2) is 7.84. The van der Waals surface area contributed by atoms with Crippen LogP contribution in [-0.2, 0) is 0 Å². The molecule has 0 amide bonds. The van der Waals surface area contributed by atoms with Crippen molar-refractivity contribution in [3.8, 4) is 0 Å². The van der Waals surface area contributed by atoms with Crippen molar-refractivity contribution in [2.75, 3.05) is 0 Å². The Morgan fingerprint density at radius 3 is 2.09 bits per heavy atom.